The van der Waals surface area contributed by atoms with E-state index in [1.807, 2.05) is 0 Å². The van der Waals surface area contributed by atoms with Crippen molar-refractivity contribution >= 4 is 0 Å². The highest BCUT2D eigenvalue weighted by Crippen LogP contribution is 2.20. The third-order valence-electron chi connectivity index (χ3n) is 1.78. The van der Waals surface area contributed by atoms with Crippen LogP contribution in [-0.4, -0.2) is 16.5 Å². The van der Waals surface area contributed by atoms with Gasteiger partial charge in [-0.25, -0.2) is 9.97 Å². The van der Waals surface area contributed by atoms with Crippen molar-refractivity contribution in [2.75, 3.05) is 6.54 Å². The standard InChI is InChI=1S/C9H11N3O2/c1-6-11-4-7(13-6)8-5-12-9(14-8)2-3-10/h4-5H,2-3,10H2,1H3. The van der Waals surface area contributed by atoms with E-state index in [1.165, 1.54) is 0 Å². The van der Waals surface area contributed by atoms with Gasteiger partial charge in [0.05, 0.1) is 12.4 Å². The van der Waals surface area contributed by atoms with Crippen molar-refractivity contribution in [2.24, 2.45) is 5.73 Å². The maximum atomic E-state index is 5.40. The Hall–Kier alpha value is -1.62. The Morgan fingerprint density at radius 1 is 1.21 bits per heavy atom. The molecule has 0 unspecified atom stereocenters. The van der Waals surface area contributed by atoms with Gasteiger partial charge in [-0.2, -0.15) is 0 Å². The lowest BCUT2D eigenvalue weighted by molar-refractivity contribution is 0.472. The molecule has 0 amide bonds. The summed E-state index contributed by atoms with van der Waals surface area (Å²) in [4.78, 5) is 8.03. The second kappa shape index (κ2) is 3.63. The van der Waals surface area contributed by atoms with Crippen molar-refractivity contribution in [3.63, 3.8) is 0 Å². The van der Waals surface area contributed by atoms with Crippen LogP contribution >= 0.6 is 0 Å². The molecule has 5 nitrogen and oxygen atoms in total. The van der Waals surface area contributed by atoms with Crippen molar-refractivity contribution in [1.29, 1.82) is 0 Å². The first kappa shape index (κ1) is 8.96. The van der Waals surface area contributed by atoms with Gasteiger partial charge in [0.2, 0.25) is 0 Å². The fourth-order valence-electron chi connectivity index (χ4n) is 1.14. The van der Waals surface area contributed by atoms with E-state index >= 15 is 0 Å². The Balaban J connectivity index is 2.24. The number of nitrogens with two attached hydrogens (primary N) is 1. The molecule has 2 rings (SSSR count). The third kappa shape index (κ3) is 1.67. The summed E-state index contributed by atoms with van der Waals surface area (Å²) in [5, 5.41) is 0. The molecule has 0 atom stereocenters. The molecule has 0 spiro atoms. The van der Waals surface area contributed by atoms with Gasteiger partial charge in [0, 0.05) is 19.9 Å². The molecule has 2 heterocycles. The van der Waals surface area contributed by atoms with Crippen LogP contribution < -0.4 is 5.73 Å². The summed E-state index contributed by atoms with van der Waals surface area (Å²) in [6, 6.07) is 0. The van der Waals surface area contributed by atoms with Gasteiger partial charge in [-0.15, -0.1) is 0 Å². The molecule has 2 aromatic rings. The number of oxazole rings is 2. The maximum Gasteiger partial charge on any atom is 0.196 e. The minimum Gasteiger partial charge on any atom is -0.438 e. The lowest BCUT2D eigenvalue weighted by atomic mass is 10.4. The summed E-state index contributed by atoms with van der Waals surface area (Å²) < 4.78 is 10.7. The predicted octanol–water partition coefficient (Wildman–Crippen LogP) is 1.14. The van der Waals surface area contributed by atoms with Crippen LogP contribution in [0.5, 0.6) is 0 Å². The average Bonchev–Trinajstić information content (AvgIpc) is 2.74. The Labute approximate surface area is 81.0 Å². The van der Waals surface area contributed by atoms with Crippen molar-refractivity contribution in [1.82, 2.24) is 9.97 Å². The van der Waals surface area contributed by atoms with Gasteiger partial charge in [0.15, 0.2) is 23.3 Å². The van der Waals surface area contributed by atoms with Gasteiger partial charge < -0.3 is 14.6 Å². The summed E-state index contributed by atoms with van der Waals surface area (Å²) in [7, 11) is 0. The molecule has 74 valence electrons. The van der Waals surface area contributed by atoms with E-state index in [0.29, 0.717) is 36.3 Å². The minimum atomic E-state index is 0.523. The van der Waals surface area contributed by atoms with E-state index < -0.39 is 0 Å². The van der Waals surface area contributed by atoms with Crippen molar-refractivity contribution in [3.05, 3.63) is 24.2 Å². The summed E-state index contributed by atoms with van der Waals surface area (Å²) in [6.07, 6.45) is 3.86. The average molecular weight is 193 g/mol. The third-order valence-corrected chi connectivity index (χ3v) is 1.78. The van der Waals surface area contributed by atoms with Crippen LogP contribution in [-0.2, 0) is 6.42 Å². The van der Waals surface area contributed by atoms with Gasteiger partial charge in [-0.1, -0.05) is 0 Å². The van der Waals surface area contributed by atoms with Crippen LogP contribution in [0.25, 0.3) is 11.5 Å². The van der Waals surface area contributed by atoms with Gasteiger partial charge in [-0.05, 0) is 0 Å². The zero-order chi connectivity index (χ0) is 9.97. The van der Waals surface area contributed by atoms with E-state index in [9.17, 15) is 0 Å². The molecule has 14 heavy (non-hydrogen) atoms. The summed E-state index contributed by atoms with van der Waals surface area (Å²) in [5.41, 5.74) is 5.38. The maximum absolute atomic E-state index is 5.40. The van der Waals surface area contributed by atoms with Gasteiger partial charge in [-0.3, -0.25) is 0 Å². The Morgan fingerprint density at radius 2 is 1.93 bits per heavy atom. The summed E-state index contributed by atoms with van der Waals surface area (Å²) in [6.45, 7) is 2.30. The molecule has 0 aliphatic heterocycles. The van der Waals surface area contributed by atoms with Crippen LogP contribution in [0.1, 0.15) is 11.8 Å². The minimum absolute atomic E-state index is 0.523. The van der Waals surface area contributed by atoms with Crippen molar-refractivity contribution in [3.8, 4) is 11.5 Å². The fraction of sp³-hybridized carbons (Fsp3) is 0.333. The Kier molecular flexibility index (Phi) is 2.32. The van der Waals surface area contributed by atoms with Crippen molar-refractivity contribution in [2.45, 2.75) is 13.3 Å². The summed E-state index contributed by atoms with van der Waals surface area (Å²) in [5.74, 6) is 2.42. The smallest absolute Gasteiger partial charge is 0.196 e. The number of rotatable bonds is 3. The first-order chi connectivity index (χ1) is 6.79. The lowest BCUT2D eigenvalue weighted by Gasteiger charge is -1.89. The van der Waals surface area contributed by atoms with E-state index in [-0.39, 0.29) is 0 Å². The van der Waals surface area contributed by atoms with E-state index in [4.69, 9.17) is 14.6 Å². The predicted molar refractivity (Wildman–Crippen MR) is 49.5 cm³/mol. The van der Waals surface area contributed by atoms with Crippen molar-refractivity contribution < 1.29 is 8.83 Å². The Morgan fingerprint density at radius 3 is 2.57 bits per heavy atom. The topological polar surface area (TPSA) is 78.1 Å². The number of hydrogen-bond acceptors (Lipinski definition) is 5. The second-order valence-electron chi connectivity index (χ2n) is 2.90. The molecule has 0 saturated carbocycles. The molecular weight excluding hydrogens is 182 g/mol. The number of hydrogen-bond donors (Lipinski definition) is 1. The van der Waals surface area contributed by atoms with Gasteiger partial charge >= 0.3 is 0 Å². The Bertz CT molecular complexity index is 419. The van der Waals surface area contributed by atoms with Crippen LogP contribution in [0.2, 0.25) is 0 Å². The molecule has 0 fully saturated rings. The largest absolute Gasteiger partial charge is 0.438 e. The molecular formula is C9H11N3O2. The summed E-state index contributed by atoms with van der Waals surface area (Å²) >= 11 is 0. The van der Waals surface area contributed by atoms with E-state index in [2.05, 4.69) is 9.97 Å². The number of aromatic nitrogens is 2. The zero-order valence-corrected chi connectivity index (χ0v) is 7.86. The highest BCUT2D eigenvalue weighted by Gasteiger charge is 2.09. The SMILES string of the molecule is Cc1ncc(-c2cnc(CCN)o2)o1. The highest BCUT2D eigenvalue weighted by molar-refractivity contribution is 5.46. The molecule has 2 aromatic heterocycles. The zero-order valence-electron chi connectivity index (χ0n) is 7.86. The molecule has 0 saturated heterocycles. The monoisotopic (exact) mass is 193 g/mol. The number of aryl methyl sites for hydroxylation is 1. The van der Waals surface area contributed by atoms with E-state index in [1.54, 1.807) is 19.3 Å². The van der Waals surface area contributed by atoms with Gasteiger partial charge in [0.1, 0.15) is 0 Å². The van der Waals surface area contributed by atoms with Crippen LogP contribution in [0.4, 0.5) is 0 Å². The molecule has 5 heteroatoms. The first-order valence-corrected chi connectivity index (χ1v) is 4.37. The molecule has 0 aliphatic carbocycles. The molecule has 0 radical (unpaired) electrons. The van der Waals surface area contributed by atoms with Crippen LogP contribution in [0.15, 0.2) is 21.2 Å². The molecule has 0 bridgehead atoms. The number of nitrogens with zero attached hydrogens (tertiary/aromatic N) is 2. The molecule has 0 aliphatic rings. The fourth-order valence-corrected chi connectivity index (χ4v) is 1.14. The normalized spacial score (nSPS) is 10.7. The highest BCUT2D eigenvalue weighted by atomic mass is 16.4. The van der Waals surface area contributed by atoms with Gasteiger partial charge in [0.25, 0.3) is 0 Å². The first-order valence-electron chi connectivity index (χ1n) is 4.37. The van der Waals surface area contributed by atoms with Crippen LogP contribution in [0, 0.1) is 6.92 Å². The quantitative estimate of drug-likeness (QED) is 0.790. The lowest BCUT2D eigenvalue weighted by Crippen LogP contribution is -2.02. The molecule has 2 N–H and O–H groups in total. The van der Waals surface area contributed by atoms with E-state index in [0.717, 1.165) is 0 Å². The molecule has 0 aromatic carbocycles. The second-order valence-corrected chi connectivity index (χ2v) is 2.90. The van der Waals surface area contributed by atoms with Crippen LogP contribution in [0.3, 0.4) is 0 Å².